The van der Waals surface area contributed by atoms with E-state index in [9.17, 15) is 14.4 Å². The summed E-state index contributed by atoms with van der Waals surface area (Å²) < 4.78 is 5.25. The van der Waals surface area contributed by atoms with Crippen LogP contribution in [0.1, 0.15) is 23.2 Å². The van der Waals surface area contributed by atoms with Crippen LogP contribution in [0.2, 0.25) is 0 Å². The maximum atomic E-state index is 12.6. The zero-order valence-electron chi connectivity index (χ0n) is 16.9. The van der Waals surface area contributed by atoms with E-state index in [1.807, 2.05) is 48.5 Å². The Bertz CT molecular complexity index is 1110. The number of anilines is 2. The van der Waals surface area contributed by atoms with Crippen molar-refractivity contribution in [2.75, 3.05) is 23.4 Å². The SMILES string of the molecule is O=C(COC(=O)c1ccccc1N1CCCC1=O)Nc1ccccc1-c1ccccc1. The second kappa shape index (κ2) is 9.26. The highest BCUT2D eigenvalue weighted by molar-refractivity contribution is 6.04. The fourth-order valence-electron chi connectivity index (χ4n) is 3.64. The minimum absolute atomic E-state index is 0.0180. The van der Waals surface area contributed by atoms with Crippen molar-refractivity contribution in [3.05, 3.63) is 84.4 Å². The van der Waals surface area contributed by atoms with Gasteiger partial charge < -0.3 is 15.0 Å². The minimum atomic E-state index is -0.637. The van der Waals surface area contributed by atoms with Crippen LogP contribution < -0.4 is 10.2 Å². The van der Waals surface area contributed by atoms with Gasteiger partial charge in [0.1, 0.15) is 0 Å². The molecule has 0 aliphatic carbocycles. The van der Waals surface area contributed by atoms with Crippen molar-refractivity contribution in [3.63, 3.8) is 0 Å². The molecule has 156 valence electrons. The van der Waals surface area contributed by atoms with E-state index in [2.05, 4.69) is 5.32 Å². The lowest BCUT2D eigenvalue weighted by Gasteiger charge is -2.19. The van der Waals surface area contributed by atoms with E-state index >= 15 is 0 Å². The lowest BCUT2D eigenvalue weighted by Crippen LogP contribution is -2.27. The maximum Gasteiger partial charge on any atom is 0.340 e. The molecule has 1 heterocycles. The van der Waals surface area contributed by atoms with Gasteiger partial charge in [0.05, 0.1) is 11.3 Å². The van der Waals surface area contributed by atoms with Gasteiger partial charge >= 0.3 is 5.97 Å². The highest BCUT2D eigenvalue weighted by Gasteiger charge is 2.26. The molecule has 6 nitrogen and oxygen atoms in total. The van der Waals surface area contributed by atoms with Crippen molar-refractivity contribution in [1.29, 1.82) is 0 Å². The van der Waals surface area contributed by atoms with E-state index in [4.69, 9.17) is 4.74 Å². The van der Waals surface area contributed by atoms with Crippen molar-refractivity contribution in [2.45, 2.75) is 12.8 Å². The van der Waals surface area contributed by atoms with Crippen molar-refractivity contribution in [2.24, 2.45) is 0 Å². The van der Waals surface area contributed by atoms with Gasteiger partial charge in [0, 0.05) is 24.2 Å². The Kier molecular flexibility index (Phi) is 6.08. The fraction of sp³-hybridized carbons (Fsp3) is 0.160. The van der Waals surface area contributed by atoms with Crippen LogP contribution in [0.15, 0.2) is 78.9 Å². The number of hydrogen-bond donors (Lipinski definition) is 1. The predicted octanol–water partition coefficient (Wildman–Crippen LogP) is 4.28. The van der Waals surface area contributed by atoms with Crippen LogP contribution in [-0.2, 0) is 14.3 Å². The number of nitrogens with one attached hydrogen (secondary N) is 1. The van der Waals surface area contributed by atoms with E-state index in [1.54, 1.807) is 35.2 Å². The lowest BCUT2D eigenvalue weighted by molar-refractivity contribution is -0.119. The molecule has 2 amide bonds. The third kappa shape index (κ3) is 4.64. The maximum absolute atomic E-state index is 12.6. The van der Waals surface area contributed by atoms with Gasteiger partial charge in [0.15, 0.2) is 6.61 Å². The second-order valence-corrected chi connectivity index (χ2v) is 7.20. The van der Waals surface area contributed by atoms with Gasteiger partial charge in [-0.05, 0) is 30.2 Å². The summed E-state index contributed by atoms with van der Waals surface area (Å²) in [4.78, 5) is 38.8. The van der Waals surface area contributed by atoms with Gasteiger partial charge in [-0.25, -0.2) is 4.79 Å². The number of hydrogen-bond acceptors (Lipinski definition) is 4. The van der Waals surface area contributed by atoms with E-state index in [0.717, 1.165) is 17.5 Å². The molecule has 0 spiro atoms. The number of nitrogens with zero attached hydrogens (tertiary/aromatic N) is 1. The molecule has 0 saturated carbocycles. The molecule has 0 unspecified atom stereocenters. The molecule has 1 aliphatic heterocycles. The summed E-state index contributed by atoms with van der Waals surface area (Å²) in [5, 5.41) is 2.81. The van der Waals surface area contributed by atoms with Gasteiger partial charge in [-0.3, -0.25) is 9.59 Å². The first-order chi connectivity index (χ1) is 15.1. The Hall–Kier alpha value is -3.93. The molecule has 1 aliphatic rings. The zero-order chi connectivity index (χ0) is 21.6. The van der Waals surface area contributed by atoms with Crippen molar-refractivity contribution >= 4 is 29.2 Å². The van der Waals surface area contributed by atoms with Gasteiger partial charge in [-0.1, -0.05) is 60.7 Å². The number of amides is 2. The molecular weight excluding hydrogens is 392 g/mol. The smallest absolute Gasteiger partial charge is 0.340 e. The molecule has 6 heteroatoms. The summed E-state index contributed by atoms with van der Waals surface area (Å²) in [6.07, 6.45) is 1.22. The monoisotopic (exact) mass is 414 g/mol. The highest BCUT2D eigenvalue weighted by Crippen LogP contribution is 2.28. The number of carbonyl (C=O) groups is 3. The van der Waals surface area contributed by atoms with Crippen LogP contribution >= 0.6 is 0 Å². The number of rotatable bonds is 6. The number of ether oxygens (including phenoxy) is 1. The topological polar surface area (TPSA) is 75.7 Å². The molecular formula is C25H22N2O4. The number of esters is 1. The summed E-state index contributed by atoms with van der Waals surface area (Å²) in [5.74, 6) is -1.09. The molecule has 1 saturated heterocycles. The Morgan fingerprint density at radius 2 is 1.61 bits per heavy atom. The number of para-hydroxylation sites is 2. The molecule has 0 aromatic heterocycles. The molecule has 1 fully saturated rings. The Morgan fingerprint density at radius 1 is 0.903 bits per heavy atom. The van der Waals surface area contributed by atoms with Crippen molar-refractivity contribution in [1.82, 2.24) is 0 Å². The average molecular weight is 414 g/mol. The molecule has 3 aromatic carbocycles. The minimum Gasteiger partial charge on any atom is -0.452 e. The summed E-state index contributed by atoms with van der Waals surface area (Å²) in [5.41, 5.74) is 3.28. The van der Waals surface area contributed by atoms with Crippen LogP contribution in [0.25, 0.3) is 11.1 Å². The van der Waals surface area contributed by atoms with E-state index < -0.39 is 18.5 Å². The quantitative estimate of drug-likeness (QED) is 0.611. The number of carbonyl (C=O) groups excluding carboxylic acids is 3. The molecule has 1 N–H and O–H groups in total. The van der Waals surface area contributed by atoms with E-state index in [0.29, 0.717) is 24.3 Å². The molecule has 0 radical (unpaired) electrons. The Morgan fingerprint density at radius 3 is 2.39 bits per heavy atom. The first kappa shape index (κ1) is 20.3. The van der Waals surface area contributed by atoms with Crippen LogP contribution in [0.5, 0.6) is 0 Å². The van der Waals surface area contributed by atoms with Gasteiger partial charge in [0.2, 0.25) is 5.91 Å². The van der Waals surface area contributed by atoms with Gasteiger partial charge in [-0.15, -0.1) is 0 Å². The second-order valence-electron chi connectivity index (χ2n) is 7.20. The van der Waals surface area contributed by atoms with Crippen molar-refractivity contribution < 1.29 is 19.1 Å². The molecule has 0 atom stereocenters. The molecule has 4 rings (SSSR count). The third-order valence-electron chi connectivity index (χ3n) is 5.11. The standard InChI is InChI=1S/C25H22N2O4/c28-23(26-21-13-6-4-11-19(21)18-9-2-1-3-10-18)17-31-25(30)20-12-5-7-14-22(20)27-16-8-15-24(27)29/h1-7,9-14H,8,15-17H2,(H,26,28). The Balaban J connectivity index is 1.43. The first-order valence-electron chi connectivity index (χ1n) is 10.1. The van der Waals surface area contributed by atoms with Crippen LogP contribution in [0, 0.1) is 0 Å². The largest absolute Gasteiger partial charge is 0.452 e. The molecule has 0 bridgehead atoms. The highest BCUT2D eigenvalue weighted by atomic mass is 16.5. The zero-order valence-corrected chi connectivity index (χ0v) is 16.9. The summed E-state index contributed by atoms with van der Waals surface area (Å²) in [6.45, 7) is 0.143. The normalized spacial score (nSPS) is 13.2. The summed E-state index contributed by atoms with van der Waals surface area (Å²) >= 11 is 0. The Labute approximate surface area is 180 Å². The number of benzene rings is 3. The molecule has 3 aromatic rings. The van der Waals surface area contributed by atoms with Crippen LogP contribution in [0.3, 0.4) is 0 Å². The summed E-state index contributed by atoms with van der Waals surface area (Å²) in [7, 11) is 0. The van der Waals surface area contributed by atoms with Gasteiger partial charge in [-0.2, -0.15) is 0 Å². The third-order valence-corrected chi connectivity index (χ3v) is 5.11. The van der Waals surface area contributed by atoms with E-state index in [1.165, 1.54) is 0 Å². The van der Waals surface area contributed by atoms with Crippen LogP contribution in [0.4, 0.5) is 11.4 Å². The lowest BCUT2D eigenvalue weighted by atomic mass is 10.0. The molecule has 31 heavy (non-hydrogen) atoms. The fourth-order valence-corrected chi connectivity index (χ4v) is 3.64. The van der Waals surface area contributed by atoms with Crippen molar-refractivity contribution in [3.8, 4) is 11.1 Å². The summed E-state index contributed by atoms with van der Waals surface area (Å²) in [6, 6.07) is 23.9. The van der Waals surface area contributed by atoms with E-state index in [-0.39, 0.29) is 11.5 Å². The first-order valence-corrected chi connectivity index (χ1v) is 10.1. The van der Waals surface area contributed by atoms with Crippen LogP contribution in [-0.4, -0.2) is 30.9 Å². The average Bonchev–Trinajstić information content (AvgIpc) is 3.24. The predicted molar refractivity (Wildman–Crippen MR) is 119 cm³/mol. The van der Waals surface area contributed by atoms with Gasteiger partial charge in [0.25, 0.3) is 5.91 Å².